The van der Waals surface area contributed by atoms with Crippen molar-refractivity contribution < 1.29 is 14.3 Å². The summed E-state index contributed by atoms with van der Waals surface area (Å²) in [6, 6.07) is 15.1. The van der Waals surface area contributed by atoms with Gasteiger partial charge in [-0.15, -0.1) is 0 Å². The Hall–Kier alpha value is -2.53. The third-order valence-electron chi connectivity index (χ3n) is 4.25. The van der Waals surface area contributed by atoms with Crippen LogP contribution in [0.3, 0.4) is 0 Å². The van der Waals surface area contributed by atoms with E-state index < -0.39 is 0 Å². The number of hydrogen-bond donors (Lipinski definition) is 2. The van der Waals surface area contributed by atoms with Crippen molar-refractivity contribution in [3.05, 3.63) is 54.1 Å². The molecule has 3 N–H and O–H groups in total. The van der Waals surface area contributed by atoms with Gasteiger partial charge in [0.25, 0.3) is 0 Å². The van der Waals surface area contributed by atoms with Crippen LogP contribution in [0.5, 0.6) is 5.75 Å². The van der Waals surface area contributed by atoms with Gasteiger partial charge >= 0.3 is 0 Å². The number of nitrogen functional groups attached to an aromatic ring is 1. The van der Waals surface area contributed by atoms with Gasteiger partial charge in [0.2, 0.25) is 5.91 Å². The summed E-state index contributed by atoms with van der Waals surface area (Å²) in [6.07, 6.45) is 3.31. The molecule has 5 nitrogen and oxygen atoms in total. The molecular weight excluding hydrogens is 316 g/mol. The minimum absolute atomic E-state index is 0.0421. The first-order chi connectivity index (χ1) is 12.2. The summed E-state index contributed by atoms with van der Waals surface area (Å²) in [7, 11) is 0. The molecule has 0 aromatic heterocycles. The van der Waals surface area contributed by atoms with Crippen molar-refractivity contribution in [2.75, 3.05) is 24.3 Å². The second-order valence-electron chi connectivity index (χ2n) is 6.22. The Balaban J connectivity index is 1.49. The van der Waals surface area contributed by atoms with E-state index in [1.54, 1.807) is 0 Å². The summed E-state index contributed by atoms with van der Waals surface area (Å²) < 4.78 is 11.3. The molecule has 1 fully saturated rings. The molecule has 0 radical (unpaired) electrons. The van der Waals surface area contributed by atoms with Crippen molar-refractivity contribution in [3.8, 4) is 5.75 Å². The predicted octanol–water partition coefficient (Wildman–Crippen LogP) is 3.40. The highest BCUT2D eigenvalue weighted by Gasteiger charge is 2.16. The maximum atomic E-state index is 12.2. The van der Waals surface area contributed by atoms with Gasteiger partial charge < -0.3 is 20.5 Å². The highest BCUT2D eigenvalue weighted by Crippen LogP contribution is 2.20. The molecule has 0 saturated carbocycles. The zero-order valence-electron chi connectivity index (χ0n) is 14.2. The van der Waals surface area contributed by atoms with Gasteiger partial charge in [-0.3, -0.25) is 4.79 Å². The molecule has 0 bridgehead atoms. The van der Waals surface area contributed by atoms with E-state index in [4.69, 9.17) is 15.2 Å². The molecule has 25 heavy (non-hydrogen) atoms. The average molecular weight is 340 g/mol. The maximum Gasteiger partial charge on any atom is 0.224 e. The molecule has 132 valence electrons. The van der Waals surface area contributed by atoms with Crippen LogP contribution < -0.4 is 15.8 Å². The smallest absolute Gasteiger partial charge is 0.224 e. The van der Waals surface area contributed by atoms with Crippen molar-refractivity contribution in [1.29, 1.82) is 0 Å². The van der Waals surface area contributed by atoms with E-state index >= 15 is 0 Å². The second-order valence-corrected chi connectivity index (χ2v) is 6.22. The molecular formula is C20H24N2O3. The maximum absolute atomic E-state index is 12.2. The normalized spacial score (nSPS) is 16.6. The van der Waals surface area contributed by atoms with Gasteiger partial charge in [-0.2, -0.15) is 0 Å². The Morgan fingerprint density at radius 2 is 2.12 bits per heavy atom. The SMILES string of the molecule is Nc1ccccc1CCC(=O)Nc1cccc(OCC2CCCO2)c1. The summed E-state index contributed by atoms with van der Waals surface area (Å²) in [5, 5.41) is 2.91. The number of amides is 1. The number of carbonyl (C=O) groups is 1. The minimum atomic E-state index is -0.0421. The Bertz CT molecular complexity index is 712. The molecule has 1 saturated heterocycles. The predicted molar refractivity (Wildman–Crippen MR) is 98.7 cm³/mol. The van der Waals surface area contributed by atoms with E-state index in [2.05, 4.69) is 5.32 Å². The number of aryl methyl sites for hydroxylation is 1. The lowest BCUT2D eigenvalue weighted by atomic mass is 10.1. The third-order valence-corrected chi connectivity index (χ3v) is 4.25. The van der Waals surface area contributed by atoms with E-state index in [1.807, 2.05) is 48.5 Å². The van der Waals surface area contributed by atoms with Crippen LogP contribution in [0.25, 0.3) is 0 Å². The van der Waals surface area contributed by atoms with Gasteiger partial charge in [-0.05, 0) is 43.0 Å². The summed E-state index contributed by atoms with van der Waals surface area (Å²) >= 11 is 0. The van der Waals surface area contributed by atoms with Crippen molar-refractivity contribution in [3.63, 3.8) is 0 Å². The van der Waals surface area contributed by atoms with E-state index in [0.717, 1.165) is 42.1 Å². The lowest BCUT2D eigenvalue weighted by molar-refractivity contribution is -0.116. The molecule has 0 aliphatic carbocycles. The lowest BCUT2D eigenvalue weighted by Crippen LogP contribution is -2.16. The van der Waals surface area contributed by atoms with Gasteiger partial charge in [0, 0.05) is 30.5 Å². The third kappa shape index (κ3) is 5.22. The second kappa shape index (κ2) is 8.53. The monoisotopic (exact) mass is 340 g/mol. The van der Waals surface area contributed by atoms with Crippen molar-refractivity contribution >= 4 is 17.3 Å². The number of ether oxygens (including phenoxy) is 2. The van der Waals surface area contributed by atoms with Crippen LogP contribution in [-0.2, 0) is 16.0 Å². The fourth-order valence-corrected chi connectivity index (χ4v) is 2.86. The number of benzene rings is 2. The minimum Gasteiger partial charge on any atom is -0.491 e. The van der Waals surface area contributed by atoms with Crippen molar-refractivity contribution in [1.82, 2.24) is 0 Å². The summed E-state index contributed by atoms with van der Waals surface area (Å²) in [5.74, 6) is 0.695. The van der Waals surface area contributed by atoms with Crippen molar-refractivity contribution in [2.24, 2.45) is 0 Å². The molecule has 1 aliphatic heterocycles. The molecule has 2 aromatic carbocycles. The quantitative estimate of drug-likeness (QED) is 0.758. The zero-order valence-corrected chi connectivity index (χ0v) is 14.2. The van der Waals surface area contributed by atoms with Crippen LogP contribution in [0.1, 0.15) is 24.8 Å². The summed E-state index contributed by atoms with van der Waals surface area (Å²) in [4.78, 5) is 12.2. The fourth-order valence-electron chi connectivity index (χ4n) is 2.86. The molecule has 1 aliphatic rings. The summed E-state index contributed by atoms with van der Waals surface area (Å²) in [5.41, 5.74) is 8.35. The highest BCUT2D eigenvalue weighted by atomic mass is 16.5. The van der Waals surface area contributed by atoms with Gasteiger partial charge in [0.05, 0.1) is 6.10 Å². The Kier molecular flexibility index (Phi) is 5.90. The van der Waals surface area contributed by atoms with Gasteiger partial charge in [-0.1, -0.05) is 24.3 Å². The zero-order chi connectivity index (χ0) is 17.5. The molecule has 3 rings (SSSR count). The molecule has 5 heteroatoms. The number of hydrogen-bond acceptors (Lipinski definition) is 4. The number of rotatable bonds is 7. The molecule has 1 unspecified atom stereocenters. The molecule has 0 spiro atoms. The standard InChI is InChI=1S/C20H24N2O3/c21-19-9-2-1-5-15(19)10-11-20(23)22-16-6-3-7-17(13-16)25-14-18-8-4-12-24-18/h1-3,5-7,9,13,18H,4,8,10-12,14,21H2,(H,22,23). The fraction of sp³-hybridized carbons (Fsp3) is 0.350. The molecule has 2 aromatic rings. The first-order valence-electron chi connectivity index (χ1n) is 8.68. The number of anilines is 2. The van der Waals surface area contributed by atoms with Gasteiger partial charge in [0.1, 0.15) is 12.4 Å². The van der Waals surface area contributed by atoms with Crippen LogP contribution in [-0.4, -0.2) is 25.2 Å². The van der Waals surface area contributed by atoms with Crippen molar-refractivity contribution in [2.45, 2.75) is 31.8 Å². The summed E-state index contributed by atoms with van der Waals surface area (Å²) in [6.45, 7) is 1.36. The van der Waals surface area contributed by atoms with Gasteiger partial charge in [-0.25, -0.2) is 0 Å². The van der Waals surface area contributed by atoms with E-state index in [-0.39, 0.29) is 12.0 Å². The van der Waals surface area contributed by atoms with Crippen LogP contribution >= 0.6 is 0 Å². The molecule has 1 heterocycles. The van der Waals surface area contributed by atoms with E-state index in [9.17, 15) is 4.79 Å². The lowest BCUT2D eigenvalue weighted by Gasteiger charge is -2.12. The first kappa shape index (κ1) is 17.3. The van der Waals surface area contributed by atoms with E-state index in [0.29, 0.717) is 19.4 Å². The number of nitrogens with one attached hydrogen (secondary N) is 1. The average Bonchev–Trinajstić information content (AvgIpc) is 3.13. The molecule has 1 amide bonds. The first-order valence-corrected chi connectivity index (χ1v) is 8.68. The number of carbonyl (C=O) groups excluding carboxylic acids is 1. The highest BCUT2D eigenvalue weighted by molar-refractivity contribution is 5.91. The van der Waals surface area contributed by atoms with Gasteiger partial charge in [0.15, 0.2) is 0 Å². The number of nitrogens with two attached hydrogens (primary N) is 1. The van der Waals surface area contributed by atoms with E-state index in [1.165, 1.54) is 0 Å². The van der Waals surface area contributed by atoms with Crippen LogP contribution in [0.15, 0.2) is 48.5 Å². The van der Waals surface area contributed by atoms with Crippen LogP contribution in [0, 0.1) is 0 Å². The Labute approximate surface area is 148 Å². The topological polar surface area (TPSA) is 73.6 Å². The Morgan fingerprint density at radius 3 is 2.92 bits per heavy atom. The Morgan fingerprint density at radius 1 is 1.24 bits per heavy atom. The largest absolute Gasteiger partial charge is 0.491 e. The van der Waals surface area contributed by atoms with Crippen LogP contribution in [0.2, 0.25) is 0 Å². The van der Waals surface area contributed by atoms with Crippen LogP contribution in [0.4, 0.5) is 11.4 Å². The molecule has 1 atom stereocenters. The number of para-hydroxylation sites is 1.